The molecule has 0 fully saturated rings. The molecule has 2 rings (SSSR count). The molecule has 0 saturated heterocycles. The summed E-state index contributed by atoms with van der Waals surface area (Å²) >= 11 is 0. The van der Waals surface area contributed by atoms with Crippen LogP contribution in [0.3, 0.4) is 0 Å². The summed E-state index contributed by atoms with van der Waals surface area (Å²) in [5, 5.41) is 0. The van der Waals surface area contributed by atoms with Gasteiger partial charge in [0.1, 0.15) is 23.3 Å². The van der Waals surface area contributed by atoms with Gasteiger partial charge in [-0.2, -0.15) is 23.3 Å². The van der Waals surface area contributed by atoms with Crippen molar-refractivity contribution in [3.63, 3.8) is 0 Å². The molecule has 0 amide bonds. The summed E-state index contributed by atoms with van der Waals surface area (Å²) in [7, 11) is 0. The van der Waals surface area contributed by atoms with Gasteiger partial charge in [0.15, 0.2) is 0 Å². The maximum Gasteiger partial charge on any atom is 1.00 e. The first-order valence-corrected chi connectivity index (χ1v) is 4.76. The average molecular weight is 310 g/mol. The quantitative estimate of drug-likeness (QED) is 0.189. The van der Waals surface area contributed by atoms with E-state index >= 15 is 0 Å². The SMILES string of the molecule is Fc1[c-]c(-c2[c-]c(F)c(F)c(F)c2F)c(F)c(F)c1F.[Li+].[Li+]. The van der Waals surface area contributed by atoms with Crippen molar-refractivity contribution < 1.29 is 72.8 Å². The minimum atomic E-state index is -2.34. The Bertz CT molecular complexity index is 656. The Morgan fingerprint density at radius 3 is 0.955 bits per heavy atom. The molecule has 0 nitrogen and oxygen atoms in total. The second-order valence-electron chi connectivity index (χ2n) is 3.51. The van der Waals surface area contributed by atoms with Crippen molar-refractivity contribution >= 4 is 0 Å². The standard InChI is InChI=1S/C12F8.2Li/c13-5-1-3(7(15)11(19)9(5)17)4-2-6(14)10(18)12(20)8(4)16;;/q-2;2*+1. The zero-order valence-electron chi connectivity index (χ0n) is 11.0. The molecule has 22 heavy (non-hydrogen) atoms. The Morgan fingerprint density at radius 1 is 0.409 bits per heavy atom. The monoisotopic (exact) mass is 310 g/mol. The van der Waals surface area contributed by atoms with Crippen molar-refractivity contribution in [2.24, 2.45) is 0 Å². The van der Waals surface area contributed by atoms with Crippen molar-refractivity contribution in [2.45, 2.75) is 0 Å². The van der Waals surface area contributed by atoms with Crippen molar-refractivity contribution in [3.05, 3.63) is 58.7 Å². The molecule has 2 aromatic carbocycles. The van der Waals surface area contributed by atoms with Crippen molar-refractivity contribution in [2.75, 3.05) is 0 Å². The van der Waals surface area contributed by atoms with Crippen molar-refractivity contribution in [3.8, 4) is 11.1 Å². The van der Waals surface area contributed by atoms with Gasteiger partial charge in [-0.3, -0.25) is 17.6 Å². The van der Waals surface area contributed by atoms with Crippen LogP contribution in [0.5, 0.6) is 0 Å². The minimum Gasteiger partial charge on any atom is -0.273 e. The third kappa shape index (κ3) is 3.36. The molecule has 0 aliphatic rings. The number of rotatable bonds is 1. The molecule has 0 N–H and O–H groups in total. The smallest absolute Gasteiger partial charge is 0.273 e. The first kappa shape index (κ1) is 21.1. The average Bonchev–Trinajstić information content (AvgIpc) is 2.42. The maximum absolute atomic E-state index is 13.3. The van der Waals surface area contributed by atoms with Crippen LogP contribution in [-0.4, -0.2) is 0 Å². The van der Waals surface area contributed by atoms with Crippen LogP contribution in [0, 0.1) is 58.7 Å². The zero-order valence-corrected chi connectivity index (χ0v) is 11.0. The Morgan fingerprint density at radius 2 is 0.682 bits per heavy atom. The van der Waals surface area contributed by atoms with Gasteiger partial charge in [-0.05, 0) is 0 Å². The van der Waals surface area contributed by atoms with Gasteiger partial charge in [-0.15, -0.1) is 0 Å². The fourth-order valence-corrected chi connectivity index (χ4v) is 1.39. The third-order valence-corrected chi connectivity index (χ3v) is 2.31. The molecular formula is C12F8Li2. The van der Waals surface area contributed by atoms with Gasteiger partial charge in [0, 0.05) is 11.6 Å². The molecule has 0 saturated carbocycles. The van der Waals surface area contributed by atoms with Crippen molar-refractivity contribution in [1.29, 1.82) is 0 Å². The fraction of sp³-hybridized carbons (Fsp3) is 0. The normalized spacial score (nSPS) is 10.0. The zero-order chi connectivity index (χ0) is 15.2. The largest absolute Gasteiger partial charge is 1.00 e. The fourth-order valence-electron chi connectivity index (χ4n) is 1.39. The van der Waals surface area contributed by atoms with E-state index in [9.17, 15) is 35.1 Å². The van der Waals surface area contributed by atoms with Crippen LogP contribution >= 0.6 is 0 Å². The number of benzene rings is 2. The van der Waals surface area contributed by atoms with Crippen LogP contribution in [-0.2, 0) is 0 Å². The Kier molecular flexibility index (Phi) is 7.25. The molecule has 0 aliphatic heterocycles. The predicted molar refractivity (Wildman–Crippen MR) is 49.2 cm³/mol. The van der Waals surface area contributed by atoms with Gasteiger partial charge in [0.05, 0.1) is 11.6 Å². The molecule has 10 heteroatoms. The molecular weight excluding hydrogens is 310 g/mol. The van der Waals surface area contributed by atoms with E-state index in [0.29, 0.717) is 0 Å². The maximum atomic E-state index is 13.3. The summed E-state index contributed by atoms with van der Waals surface area (Å²) < 4.78 is 104. The van der Waals surface area contributed by atoms with Gasteiger partial charge in [0.2, 0.25) is 0 Å². The van der Waals surface area contributed by atoms with E-state index in [1.54, 1.807) is 0 Å². The molecule has 0 radical (unpaired) electrons. The molecule has 0 heterocycles. The summed E-state index contributed by atoms with van der Waals surface area (Å²) in [6.07, 6.45) is 0. The molecule has 0 aromatic heterocycles. The van der Waals surface area contributed by atoms with Crippen LogP contribution in [0.4, 0.5) is 35.1 Å². The van der Waals surface area contributed by atoms with Gasteiger partial charge in [-0.1, -0.05) is 0 Å². The molecule has 0 aliphatic carbocycles. The van der Waals surface area contributed by atoms with E-state index in [-0.39, 0.29) is 37.7 Å². The summed E-state index contributed by atoms with van der Waals surface area (Å²) in [4.78, 5) is 0. The first-order chi connectivity index (χ1) is 9.25. The number of halogens is 8. The summed E-state index contributed by atoms with van der Waals surface area (Å²) in [5.74, 6) is -17.5. The van der Waals surface area contributed by atoms with Crippen LogP contribution in [0.25, 0.3) is 11.1 Å². The minimum absolute atomic E-state index is 0. The van der Waals surface area contributed by atoms with Gasteiger partial charge in [-0.25, -0.2) is 17.6 Å². The molecule has 0 unspecified atom stereocenters. The number of hydrogen-bond donors (Lipinski definition) is 0. The molecule has 0 bridgehead atoms. The van der Waals surface area contributed by atoms with Gasteiger partial charge >= 0.3 is 37.7 Å². The Hall–Kier alpha value is -0.925. The Labute approximate surface area is 142 Å². The first-order valence-electron chi connectivity index (χ1n) is 4.76. The van der Waals surface area contributed by atoms with Crippen LogP contribution < -0.4 is 37.7 Å². The van der Waals surface area contributed by atoms with E-state index in [4.69, 9.17) is 0 Å². The van der Waals surface area contributed by atoms with E-state index < -0.39 is 57.7 Å². The van der Waals surface area contributed by atoms with E-state index in [1.165, 1.54) is 12.1 Å². The predicted octanol–water partition coefficient (Wildman–Crippen LogP) is -1.93. The van der Waals surface area contributed by atoms with Gasteiger partial charge in [0.25, 0.3) is 0 Å². The van der Waals surface area contributed by atoms with Gasteiger partial charge < -0.3 is 0 Å². The topological polar surface area (TPSA) is 0 Å². The van der Waals surface area contributed by atoms with Crippen molar-refractivity contribution in [1.82, 2.24) is 0 Å². The van der Waals surface area contributed by atoms with Crippen LogP contribution in [0.15, 0.2) is 0 Å². The summed E-state index contributed by atoms with van der Waals surface area (Å²) in [5.41, 5.74) is -2.92. The second kappa shape index (κ2) is 7.56. The Balaban J connectivity index is 0.00000220. The van der Waals surface area contributed by atoms with Crippen LogP contribution in [0.1, 0.15) is 0 Å². The summed E-state index contributed by atoms with van der Waals surface area (Å²) in [6.45, 7) is 0. The molecule has 2 aromatic rings. The van der Waals surface area contributed by atoms with Crippen LogP contribution in [0.2, 0.25) is 0 Å². The third-order valence-electron chi connectivity index (χ3n) is 2.31. The molecule has 0 spiro atoms. The number of hydrogen-bond acceptors (Lipinski definition) is 0. The molecule has 0 atom stereocenters. The van der Waals surface area contributed by atoms with E-state index in [0.717, 1.165) is 0 Å². The molecule has 106 valence electrons. The summed E-state index contributed by atoms with van der Waals surface area (Å²) in [6, 6.07) is 2.46. The van der Waals surface area contributed by atoms with E-state index in [1.807, 2.05) is 0 Å². The van der Waals surface area contributed by atoms with E-state index in [2.05, 4.69) is 0 Å². The second-order valence-corrected chi connectivity index (χ2v) is 3.51.